The number of rotatable bonds is 3. The topological polar surface area (TPSA) is 24.5 Å². The van der Waals surface area contributed by atoms with E-state index in [1.807, 2.05) is 0 Å². The van der Waals surface area contributed by atoms with Gasteiger partial charge in [0.15, 0.2) is 0 Å². The molecule has 0 bridgehead atoms. The van der Waals surface area contributed by atoms with Crippen LogP contribution in [0, 0.1) is 0 Å². The molecule has 0 aromatic carbocycles. The third kappa shape index (κ3) is 2.27. The summed E-state index contributed by atoms with van der Waals surface area (Å²) < 4.78 is 5.69. The van der Waals surface area contributed by atoms with Crippen LogP contribution in [0.4, 0.5) is 0 Å². The lowest BCUT2D eigenvalue weighted by atomic mass is 10.00. The third-order valence-corrected chi connectivity index (χ3v) is 4.40. The van der Waals surface area contributed by atoms with E-state index in [0.29, 0.717) is 12.1 Å². The molecule has 2 saturated heterocycles. The summed E-state index contributed by atoms with van der Waals surface area (Å²) in [6, 6.07) is 2.70. The molecule has 0 aromatic heterocycles. The van der Waals surface area contributed by atoms with Crippen molar-refractivity contribution in [2.45, 2.75) is 63.7 Å². The Balaban J connectivity index is 2.07. The van der Waals surface area contributed by atoms with Crippen molar-refractivity contribution in [3.63, 3.8) is 0 Å². The average molecular weight is 226 g/mol. The zero-order valence-electron chi connectivity index (χ0n) is 10.9. The van der Waals surface area contributed by atoms with Crippen molar-refractivity contribution in [1.82, 2.24) is 10.2 Å². The normalized spacial score (nSPS) is 41.4. The van der Waals surface area contributed by atoms with Crippen LogP contribution in [0.25, 0.3) is 0 Å². The summed E-state index contributed by atoms with van der Waals surface area (Å²) in [6.45, 7) is 6.51. The predicted octanol–water partition coefficient (Wildman–Crippen LogP) is 1.63. The van der Waals surface area contributed by atoms with E-state index in [0.717, 1.165) is 31.7 Å². The van der Waals surface area contributed by atoms with Gasteiger partial charge < -0.3 is 10.1 Å². The van der Waals surface area contributed by atoms with Crippen LogP contribution in [-0.2, 0) is 4.74 Å². The summed E-state index contributed by atoms with van der Waals surface area (Å²) >= 11 is 0. The van der Waals surface area contributed by atoms with Crippen molar-refractivity contribution >= 4 is 0 Å². The zero-order valence-corrected chi connectivity index (χ0v) is 10.9. The van der Waals surface area contributed by atoms with Crippen molar-refractivity contribution in [2.24, 2.45) is 0 Å². The van der Waals surface area contributed by atoms with Gasteiger partial charge in [-0.15, -0.1) is 0 Å². The highest BCUT2D eigenvalue weighted by Crippen LogP contribution is 2.31. The molecular weight excluding hydrogens is 200 g/mol. The molecule has 2 fully saturated rings. The monoisotopic (exact) mass is 226 g/mol. The van der Waals surface area contributed by atoms with E-state index in [-0.39, 0.29) is 0 Å². The molecule has 3 nitrogen and oxygen atoms in total. The second-order valence-electron chi connectivity index (χ2n) is 5.26. The molecule has 2 aliphatic rings. The van der Waals surface area contributed by atoms with Gasteiger partial charge in [-0.05, 0) is 39.7 Å². The molecule has 16 heavy (non-hydrogen) atoms. The number of ether oxygens (including phenoxy) is 1. The van der Waals surface area contributed by atoms with Crippen molar-refractivity contribution < 1.29 is 4.74 Å². The van der Waals surface area contributed by atoms with E-state index in [2.05, 4.69) is 31.1 Å². The van der Waals surface area contributed by atoms with E-state index in [1.165, 1.54) is 19.3 Å². The van der Waals surface area contributed by atoms with Crippen LogP contribution < -0.4 is 5.32 Å². The van der Waals surface area contributed by atoms with Crippen molar-refractivity contribution in [3.05, 3.63) is 0 Å². The Labute approximate surface area is 99.5 Å². The van der Waals surface area contributed by atoms with Crippen molar-refractivity contribution in [3.8, 4) is 0 Å². The lowest BCUT2D eigenvalue weighted by molar-refractivity contribution is -0.0192. The van der Waals surface area contributed by atoms with Gasteiger partial charge in [-0.3, -0.25) is 4.90 Å². The minimum atomic E-state index is 0.584. The van der Waals surface area contributed by atoms with Crippen LogP contribution in [0.5, 0.6) is 0 Å². The highest BCUT2D eigenvalue weighted by atomic mass is 16.5. The first-order valence-corrected chi connectivity index (χ1v) is 6.80. The number of hydrogen-bond acceptors (Lipinski definition) is 3. The minimum Gasteiger partial charge on any atom is -0.380 e. The van der Waals surface area contributed by atoms with Crippen LogP contribution >= 0.6 is 0 Å². The van der Waals surface area contributed by atoms with Gasteiger partial charge in [-0.25, -0.2) is 0 Å². The summed E-state index contributed by atoms with van der Waals surface area (Å²) in [6.07, 6.45) is 5.15. The van der Waals surface area contributed by atoms with Gasteiger partial charge in [0.25, 0.3) is 0 Å². The largest absolute Gasteiger partial charge is 0.380 e. The molecule has 0 spiro atoms. The van der Waals surface area contributed by atoms with Gasteiger partial charge in [0, 0.05) is 30.8 Å². The fraction of sp³-hybridized carbons (Fsp3) is 1.00. The SMILES string of the molecule is CCC1CCC(C)N1C1COCCC1NC. The number of nitrogens with zero attached hydrogens (tertiary/aromatic N) is 1. The average Bonchev–Trinajstić information content (AvgIpc) is 2.70. The Hall–Kier alpha value is -0.120. The molecule has 4 atom stereocenters. The molecule has 2 aliphatic heterocycles. The zero-order chi connectivity index (χ0) is 11.5. The number of hydrogen-bond donors (Lipinski definition) is 1. The second kappa shape index (κ2) is 5.48. The van der Waals surface area contributed by atoms with Crippen LogP contribution in [0.2, 0.25) is 0 Å². The first-order valence-electron chi connectivity index (χ1n) is 6.80. The summed E-state index contributed by atoms with van der Waals surface area (Å²) in [5, 5.41) is 3.47. The van der Waals surface area contributed by atoms with Gasteiger partial charge in [-0.1, -0.05) is 6.92 Å². The standard InChI is InChI=1S/C13H26N2O/c1-4-11-6-5-10(2)15(11)13-9-16-8-7-12(13)14-3/h10-14H,4-9H2,1-3H3. The van der Waals surface area contributed by atoms with Gasteiger partial charge in [-0.2, -0.15) is 0 Å². The highest BCUT2D eigenvalue weighted by Gasteiger charge is 2.39. The van der Waals surface area contributed by atoms with E-state index in [9.17, 15) is 0 Å². The van der Waals surface area contributed by atoms with Gasteiger partial charge in [0.1, 0.15) is 0 Å². The summed E-state index contributed by atoms with van der Waals surface area (Å²) in [5.74, 6) is 0. The molecule has 0 aromatic rings. The van der Waals surface area contributed by atoms with Crippen LogP contribution in [0.1, 0.15) is 39.5 Å². The van der Waals surface area contributed by atoms with E-state index in [4.69, 9.17) is 4.74 Å². The Bertz CT molecular complexity index is 222. The highest BCUT2D eigenvalue weighted by molar-refractivity contribution is 4.95. The summed E-state index contributed by atoms with van der Waals surface area (Å²) in [5.41, 5.74) is 0. The molecule has 0 radical (unpaired) electrons. The lowest BCUT2D eigenvalue weighted by Gasteiger charge is -2.42. The minimum absolute atomic E-state index is 0.584. The second-order valence-corrected chi connectivity index (χ2v) is 5.26. The van der Waals surface area contributed by atoms with Crippen LogP contribution in [-0.4, -0.2) is 49.3 Å². The molecule has 94 valence electrons. The molecule has 1 N–H and O–H groups in total. The maximum atomic E-state index is 5.69. The van der Waals surface area contributed by atoms with Gasteiger partial charge >= 0.3 is 0 Å². The Kier molecular flexibility index (Phi) is 4.22. The lowest BCUT2D eigenvalue weighted by Crippen LogP contribution is -2.57. The molecule has 0 aliphatic carbocycles. The molecule has 0 saturated carbocycles. The third-order valence-electron chi connectivity index (χ3n) is 4.40. The Morgan fingerprint density at radius 3 is 2.81 bits per heavy atom. The molecule has 2 heterocycles. The first kappa shape index (κ1) is 12.3. The number of likely N-dealkylation sites (tertiary alicyclic amines) is 1. The fourth-order valence-electron chi connectivity index (χ4n) is 3.46. The molecule has 3 heteroatoms. The number of likely N-dealkylation sites (N-methyl/N-ethyl adjacent to an activating group) is 1. The van der Waals surface area contributed by atoms with Crippen LogP contribution in [0.3, 0.4) is 0 Å². The fourth-order valence-corrected chi connectivity index (χ4v) is 3.46. The van der Waals surface area contributed by atoms with Crippen molar-refractivity contribution in [2.75, 3.05) is 20.3 Å². The Morgan fingerprint density at radius 2 is 2.12 bits per heavy atom. The smallest absolute Gasteiger partial charge is 0.0637 e. The van der Waals surface area contributed by atoms with Crippen molar-refractivity contribution in [1.29, 1.82) is 0 Å². The van der Waals surface area contributed by atoms with E-state index >= 15 is 0 Å². The first-order chi connectivity index (χ1) is 7.77. The van der Waals surface area contributed by atoms with Gasteiger partial charge in [0.05, 0.1) is 6.61 Å². The maximum absolute atomic E-state index is 5.69. The summed E-state index contributed by atoms with van der Waals surface area (Å²) in [7, 11) is 2.09. The molecule has 4 unspecified atom stereocenters. The Morgan fingerprint density at radius 1 is 1.31 bits per heavy atom. The molecular formula is C13H26N2O. The van der Waals surface area contributed by atoms with E-state index < -0.39 is 0 Å². The summed E-state index contributed by atoms with van der Waals surface area (Å²) in [4.78, 5) is 2.72. The number of nitrogens with one attached hydrogen (secondary N) is 1. The van der Waals surface area contributed by atoms with Crippen LogP contribution in [0.15, 0.2) is 0 Å². The van der Waals surface area contributed by atoms with Gasteiger partial charge in [0.2, 0.25) is 0 Å². The molecule has 2 rings (SSSR count). The molecule has 0 amide bonds. The predicted molar refractivity (Wildman–Crippen MR) is 66.7 cm³/mol. The van der Waals surface area contributed by atoms with E-state index in [1.54, 1.807) is 0 Å². The quantitative estimate of drug-likeness (QED) is 0.791. The maximum Gasteiger partial charge on any atom is 0.0637 e.